The first-order valence-electron chi connectivity index (χ1n) is 4.03. The highest BCUT2D eigenvalue weighted by Crippen LogP contribution is 1.87. The van der Waals surface area contributed by atoms with Crippen LogP contribution in [0.3, 0.4) is 0 Å². The molecule has 0 aromatic carbocycles. The van der Waals surface area contributed by atoms with Crippen LogP contribution in [0.5, 0.6) is 0 Å². The summed E-state index contributed by atoms with van der Waals surface area (Å²) in [5.74, 6) is 0.710. The summed E-state index contributed by atoms with van der Waals surface area (Å²) in [5.41, 5.74) is -0.951. The van der Waals surface area contributed by atoms with Crippen molar-refractivity contribution in [1.82, 2.24) is 9.13 Å². The third-order valence-electron chi connectivity index (χ3n) is 1.79. The van der Waals surface area contributed by atoms with Gasteiger partial charge in [0.25, 0.3) is 0 Å². The number of hydrogen-bond acceptors (Lipinski definition) is 3. The van der Waals surface area contributed by atoms with Crippen LogP contribution >= 0.6 is 12.6 Å². The summed E-state index contributed by atoms with van der Waals surface area (Å²) >= 11 is 4.03. The topological polar surface area (TPSA) is 44.0 Å². The number of aromatic nitrogens is 2. The van der Waals surface area contributed by atoms with Crippen LogP contribution in [-0.2, 0) is 13.6 Å². The van der Waals surface area contributed by atoms with Gasteiger partial charge < -0.3 is 9.13 Å². The highest BCUT2D eigenvalue weighted by molar-refractivity contribution is 7.80. The van der Waals surface area contributed by atoms with Gasteiger partial charge in [0, 0.05) is 26.0 Å². The highest BCUT2D eigenvalue weighted by Gasteiger charge is 2.00. The molecule has 1 heterocycles. The Morgan fingerprint density at radius 1 is 1.31 bits per heavy atom. The van der Waals surface area contributed by atoms with Crippen LogP contribution in [-0.4, -0.2) is 14.9 Å². The third-order valence-corrected chi connectivity index (χ3v) is 2.11. The average Bonchev–Trinajstić information content (AvgIpc) is 2.13. The van der Waals surface area contributed by atoms with E-state index in [4.69, 9.17) is 0 Å². The molecule has 0 aliphatic heterocycles. The maximum atomic E-state index is 11.3. The van der Waals surface area contributed by atoms with Crippen LogP contribution in [0.25, 0.3) is 0 Å². The molecule has 0 spiro atoms. The van der Waals surface area contributed by atoms with E-state index in [9.17, 15) is 9.59 Å². The molecule has 0 atom stereocenters. The Bertz CT molecular complexity index is 394. The molecular weight excluding hydrogens is 188 g/mol. The molecule has 72 valence electrons. The minimum atomic E-state index is -0.485. The number of hydrogen-bond donors (Lipinski definition) is 1. The van der Waals surface area contributed by atoms with E-state index in [1.54, 1.807) is 19.4 Å². The molecule has 4 nitrogen and oxygen atoms in total. The first kappa shape index (κ1) is 10.1. The molecule has 0 amide bonds. The van der Waals surface area contributed by atoms with Crippen molar-refractivity contribution in [2.75, 3.05) is 5.75 Å². The molecule has 1 rings (SSSR count). The molecule has 0 saturated heterocycles. The summed E-state index contributed by atoms with van der Waals surface area (Å²) < 4.78 is 2.69. The van der Waals surface area contributed by atoms with Gasteiger partial charge >= 0.3 is 11.1 Å². The second kappa shape index (κ2) is 4.32. The normalized spacial score (nSPS) is 10.3. The van der Waals surface area contributed by atoms with Crippen molar-refractivity contribution in [2.45, 2.75) is 13.0 Å². The lowest BCUT2D eigenvalue weighted by Gasteiger charge is -2.03. The molecule has 5 heteroatoms. The summed E-state index contributed by atoms with van der Waals surface area (Å²) in [6.45, 7) is 0.554. The summed E-state index contributed by atoms with van der Waals surface area (Å²) in [5, 5.41) is 0. The summed E-state index contributed by atoms with van der Waals surface area (Å²) in [6, 6.07) is 0. The first-order chi connectivity index (χ1) is 6.16. The van der Waals surface area contributed by atoms with E-state index >= 15 is 0 Å². The van der Waals surface area contributed by atoms with Gasteiger partial charge in [0.1, 0.15) is 0 Å². The molecule has 0 unspecified atom stereocenters. The van der Waals surface area contributed by atoms with Crippen LogP contribution < -0.4 is 11.1 Å². The van der Waals surface area contributed by atoms with Crippen molar-refractivity contribution < 1.29 is 0 Å². The molecule has 0 fully saturated rings. The van der Waals surface area contributed by atoms with Crippen molar-refractivity contribution in [1.29, 1.82) is 0 Å². The van der Waals surface area contributed by atoms with Crippen molar-refractivity contribution in [3.8, 4) is 0 Å². The van der Waals surface area contributed by atoms with Crippen molar-refractivity contribution in [2.24, 2.45) is 7.05 Å². The predicted octanol–water partition coefficient (Wildman–Crippen LogP) is -0.133. The quantitative estimate of drug-likeness (QED) is 0.545. The van der Waals surface area contributed by atoms with Gasteiger partial charge in [-0.15, -0.1) is 0 Å². The Morgan fingerprint density at radius 3 is 2.62 bits per heavy atom. The summed E-state index contributed by atoms with van der Waals surface area (Å²) in [7, 11) is 1.56. The van der Waals surface area contributed by atoms with Crippen LogP contribution in [0.2, 0.25) is 0 Å². The molecule has 0 N–H and O–H groups in total. The monoisotopic (exact) mass is 200 g/mol. The van der Waals surface area contributed by atoms with E-state index in [-0.39, 0.29) is 0 Å². The minimum Gasteiger partial charge on any atom is -0.312 e. The van der Waals surface area contributed by atoms with E-state index in [0.29, 0.717) is 12.3 Å². The van der Waals surface area contributed by atoms with Gasteiger partial charge in [-0.1, -0.05) is 0 Å². The largest absolute Gasteiger partial charge is 0.316 e. The number of nitrogens with zero attached hydrogens (tertiary/aromatic N) is 2. The Morgan fingerprint density at radius 2 is 2.00 bits per heavy atom. The molecule has 0 saturated carbocycles. The molecule has 1 aromatic rings. The molecule has 0 aliphatic rings. The third kappa shape index (κ3) is 2.24. The van der Waals surface area contributed by atoms with Gasteiger partial charge in [0.2, 0.25) is 0 Å². The van der Waals surface area contributed by atoms with Gasteiger partial charge in [-0.25, -0.2) is 0 Å². The zero-order chi connectivity index (χ0) is 9.84. The minimum absolute atomic E-state index is 0.466. The molecule has 0 aliphatic carbocycles. The maximum Gasteiger partial charge on any atom is 0.316 e. The van der Waals surface area contributed by atoms with Gasteiger partial charge in [-0.3, -0.25) is 9.59 Å². The van der Waals surface area contributed by atoms with Gasteiger partial charge in [0.05, 0.1) is 0 Å². The first-order valence-corrected chi connectivity index (χ1v) is 4.67. The average molecular weight is 200 g/mol. The van der Waals surface area contributed by atoms with Crippen LogP contribution in [0.1, 0.15) is 6.42 Å². The number of rotatable bonds is 3. The highest BCUT2D eigenvalue weighted by atomic mass is 32.1. The SMILES string of the molecule is Cn1ccn(CCCS)c(=O)c1=O. The number of thiol groups is 1. The van der Waals surface area contributed by atoms with E-state index in [0.717, 1.165) is 6.42 Å². The second-order valence-corrected chi connectivity index (χ2v) is 3.24. The van der Waals surface area contributed by atoms with Crippen LogP contribution in [0, 0.1) is 0 Å². The van der Waals surface area contributed by atoms with Crippen molar-refractivity contribution in [3.63, 3.8) is 0 Å². The van der Waals surface area contributed by atoms with Crippen LogP contribution in [0.15, 0.2) is 22.0 Å². The van der Waals surface area contributed by atoms with Crippen molar-refractivity contribution >= 4 is 12.6 Å². The van der Waals surface area contributed by atoms with Crippen molar-refractivity contribution in [3.05, 3.63) is 33.1 Å². The zero-order valence-corrected chi connectivity index (χ0v) is 8.33. The summed E-state index contributed by atoms with van der Waals surface area (Å²) in [6.07, 6.45) is 3.99. The Kier molecular flexibility index (Phi) is 3.36. The molecule has 0 radical (unpaired) electrons. The lowest BCUT2D eigenvalue weighted by atomic mass is 10.4. The lowest BCUT2D eigenvalue weighted by Crippen LogP contribution is -2.39. The fourth-order valence-electron chi connectivity index (χ4n) is 1.01. The molecule has 1 aromatic heterocycles. The lowest BCUT2D eigenvalue weighted by molar-refractivity contribution is 0.628. The standard InChI is InChI=1S/C8H12N2O2S/c1-9-4-5-10(3-2-6-13)8(12)7(9)11/h4-5,13H,2-3,6H2,1H3. The van der Waals surface area contributed by atoms with Gasteiger partial charge in [-0.05, 0) is 12.2 Å². The Labute approximate surface area is 81.2 Å². The molecular formula is C8H12N2O2S. The van der Waals surface area contributed by atoms with E-state index in [1.165, 1.54) is 9.13 Å². The smallest absolute Gasteiger partial charge is 0.312 e. The second-order valence-electron chi connectivity index (χ2n) is 2.79. The Balaban J connectivity index is 3.05. The Hall–Kier alpha value is -0.970. The summed E-state index contributed by atoms with van der Waals surface area (Å²) in [4.78, 5) is 22.5. The van der Waals surface area contributed by atoms with Gasteiger partial charge in [0.15, 0.2) is 0 Å². The molecule has 0 bridgehead atoms. The van der Waals surface area contributed by atoms with Gasteiger partial charge in [-0.2, -0.15) is 12.6 Å². The van der Waals surface area contributed by atoms with E-state index < -0.39 is 11.1 Å². The van der Waals surface area contributed by atoms with Crippen LogP contribution in [0.4, 0.5) is 0 Å². The van der Waals surface area contributed by atoms with E-state index in [2.05, 4.69) is 12.6 Å². The maximum absolute atomic E-state index is 11.3. The number of aryl methyl sites for hydroxylation is 2. The predicted molar refractivity (Wildman–Crippen MR) is 54.4 cm³/mol. The fraction of sp³-hybridized carbons (Fsp3) is 0.500. The zero-order valence-electron chi connectivity index (χ0n) is 7.43. The molecule has 13 heavy (non-hydrogen) atoms. The van der Waals surface area contributed by atoms with E-state index in [1.807, 2.05) is 0 Å². The fourth-order valence-corrected chi connectivity index (χ4v) is 1.15.